The molecule has 0 saturated heterocycles. The van der Waals surface area contributed by atoms with Crippen LogP contribution in [0.3, 0.4) is 0 Å². The average Bonchev–Trinajstić information content (AvgIpc) is 3.30. The fourth-order valence-corrected chi connectivity index (χ4v) is 4.59. The molecule has 2 aromatic carbocycles. The number of benzene rings is 2. The van der Waals surface area contributed by atoms with Crippen LogP contribution in [-0.4, -0.2) is 45.9 Å². The second kappa shape index (κ2) is 8.23. The molecule has 4 N–H and O–H groups in total. The van der Waals surface area contributed by atoms with Crippen LogP contribution in [0.2, 0.25) is 0 Å². The van der Waals surface area contributed by atoms with Crippen LogP contribution in [0.5, 0.6) is 5.75 Å². The normalized spacial score (nSPS) is 12.0. The van der Waals surface area contributed by atoms with E-state index in [1.54, 1.807) is 25.1 Å². The quantitative estimate of drug-likeness (QED) is 0.269. The zero-order valence-corrected chi connectivity index (χ0v) is 18.8. The van der Waals surface area contributed by atoms with Crippen molar-refractivity contribution in [3.8, 4) is 11.4 Å². The molecule has 0 spiro atoms. The van der Waals surface area contributed by atoms with E-state index in [0.29, 0.717) is 16.1 Å². The summed E-state index contributed by atoms with van der Waals surface area (Å²) in [6.07, 6.45) is 0. The van der Waals surface area contributed by atoms with E-state index < -0.39 is 21.0 Å². The van der Waals surface area contributed by atoms with Gasteiger partial charge in [0.25, 0.3) is 10.1 Å². The van der Waals surface area contributed by atoms with Crippen molar-refractivity contribution in [3.63, 3.8) is 0 Å². The number of aryl methyl sites for hydroxylation is 1. The Balaban J connectivity index is 1.72. The number of hydrogen-bond donors (Lipinski definition) is 3. The van der Waals surface area contributed by atoms with Crippen LogP contribution in [-0.2, 0) is 10.1 Å². The van der Waals surface area contributed by atoms with Gasteiger partial charge in [-0.05, 0) is 37.3 Å². The van der Waals surface area contributed by atoms with Crippen molar-refractivity contribution < 1.29 is 27.6 Å². The lowest BCUT2D eigenvalue weighted by Crippen LogP contribution is -2.03. The topological polar surface area (TPSA) is 182 Å². The number of carboxylic acids is 1. The minimum absolute atomic E-state index is 0.0381. The van der Waals surface area contributed by atoms with Crippen molar-refractivity contribution in [2.45, 2.75) is 11.8 Å². The number of nitrogens with two attached hydrogens (primary N) is 1. The molecule has 0 aliphatic heterocycles. The molecular formula is C19H16N6O6S2. The Kier molecular flexibility index (Phi) is 5.57. The van der Waals surface area contributed by atoms with Gasteiger partial charge in [0.05, 0.1) is 28.8 Å². The SMILES string of the molecule is COc1cc(S(=O)(=O)O)c2nc(/N=N/c3c(C)nn(-c4ccc(C(=O)O)cc4)c3N)sc2c1. The standard InChI is InChI=1S/C19H16N6O6S2/c1-9-15(17(20)25(24-9)11-5-3-10(4-6-11)18(26)27)22-23-19-21-16-13(32-19)7-12(31-2)8-14(16)33(28,29)30/h3-8H,20H2,1-2H3,(H,26,27)(H,28,29,30)/b23-22+. The number of nitrogen functional groups attached to an aromatic ring is 1. The number of thiazole rings is 1. The molecule has 33 heavy (non-hydrogen) atoms. The second-order valence-electron chi connectivity index (χ2n) is 6.73. The number of anilines is 1. The smallest absolute Gasteiger partial charge is 0.335 e. The summed E-state index contributed by atoms with van der Waals surface area (Å²) >= 11 is 1.04. The highest BCUT2D eigenvalue weighted by Crippen LogP contribution is 2.37. The molecule has 12 nitrogen and oxygen atoms in total. The Morgan fingerprint density at radius 1 is 1.21 bits per heavy atom. The lowest BCUT2D eigenvalue weighted by Gasteiger charge is -2.04. The van der Waals surface area contributed by atoms with E-state index in [2.05, 4.69) is 20.3 Å². The number of ether oxygens (including phenoxy) is 1. The molecule has 0 aliphatic rings. The summed E-state index contributed by atoms with van der Waals surface area (Å²) in [7, 11) is -3.17. The van der Waals surface area contributed by atoms with Crippen molar-refractivity contribution in [3.05, 3.63) is 47.7 Å². The Morgan fingerprint density at radius 3 is 2.52 bits per heavy atom. The predicted octanol–water partition coefficient (Wildman–Crippen LogP) is 3.74. The molecule has 4 aromatic rings. The van der Waals surface area contributed by atoms with Gasteiger partial charge in [-0.2, -0.15) is 13.5 Å². The third-order valence-electron chi connectivity index (χ3n) is 4.59. The van der Waals surface area contributed by atoms with Crippen molar-refractivity contribution in [1.82, 2.24) is 14.8 Å². The van der Waals surface area contributed by atoms with Crippen LogP contribution < -0.4 is 10.5 Å². The highest BCUT2D eigenvalue weighted by molar-refractivity contribution is 7.86. The number of aromatic nitrogens is 3. The summed E-state index contributed by atoms with van der Waals surface area (Å²) in [5.41, 5.74) is 7.60. The van der Waals surface area contributed by atoms with Crippen LogP contribution in [0.25, 0.3) is 15.9 Å². The van der Waals surface area contributed by atoms with Crippen molar-refractivity contribution in [2.75, 3.05) is 12.8 Å². The number of methoxy groups -OCH3 is 1. The van der Waals surface area contributed by atoms with Crippen LogP contribution in [0.15, 0.2) is 51.5 Å². The zero-order chi connectivity index (χ0) is 23.9. The summed E-state index contributed by atoms with van der Waals surface area (Å²) < 4.78 is 39.9. The highest BCUT2D eigenvalue weighted by Gasteiger charge is 2.20. The third kappa shape index (κ3) is 4.26. The first-order chi connectivity index (χ1) is 15.6. The predicted molar refractivity (Wildman–Crippen MR) is 120 cm³/mol. The molecule has 0 radical (unpaired) electrons. The van der Waals surface area contributed by atoms with Crippen molar-refractivity contribution in [2.24, 2.45) is 10.2 Å². The van der Waals surface area contributed by atoms with Gasteiger partial charge in [-0.25, -0.2) is 14.5 Å². The Bertz CT molecular complexity index is 1520. The first-order valence-electron chi connectivity index (χ1n) is 9.15. The fourth-order valence-electron chi connectivity index (χ4n) is 3.02. The van der Waals surface area contributed by atoms with Gasteiger partial charge in [0.15, 0.2) is 11.5 Å². The maximum absolute atomic E-state index is 11.7. The van der Waals surface area contributed by atoms with Gasteiger partial charge < -0.3 is 15.6 Å². The maximum Gasteiger partial charge on any atom is 0.335 e. The Morgan fingerprint density at radius 2 is 1.91 bits per heavy atom. The lowest BCUT2D eigenvalue weighted by atomic mass is 10.2. The molecule has 0 fully saturated rings. The van der Waals surface area contributed by atoms with Crippen LogP contribution in [0.1, 0.15) is 16.1 Å². The number of hydrogen-bond acceptors (Lipinski definition) is 10. The largest absolute Gasteiger partial charge is 0.497 e. The summed E-state index contributed by atoms with van der Waals surface area (Å²) in [6.45, 7) is 1.67. The minimum atomic E-state index is -4.54. The maximum atomic E-state index is 11.7. The minimum Gasteiger partial charge on any atom is -0.497 e. The molecule has 0 amide bonds. The fraction of sp³-hybridized carbons (Fsp3) is 0.105. The molecule has 0 bridgehead atoms. The molecule has 170 valence electrons. The average molecular weight is 489 g/mol. The first kappa shape index (κ1) is 22.3. The van der Waals surface area contributed by atoms with E-state index >= 15 is 0 Å². The molecule has 2 heterocycles. The van der Waals surface area contributed by atoms with Crippen LogP contribution in [0.4, 0.5) is 16.6 Å². The van der Waals surface area contributed by atoms with E-state index in [4.69, 9.17) is 15.6 Å². The second-order valence-corrected chi connectivity index (χ2v) is 9.13. The number of aromatic carboxylic acids is 1. The van der Waals surface area contributed by atoms with Crippen LogP contribution >= 0.6 is 11.3 Å². The summed E-state index contributed by atoms with van der Waals surface area (Å²) in [6, 6.07) is 8.71. The number of carboxylic acid groups (broad SMARTS) is 1. The van der Waals surface area contributed by atoms with E-state index in [0.717, 1.165) is 11.3 Å². The number of nitrogens with zero attached hydrogens (tertiary/aromatic N) is 5. The molecular weight excluding hydrogens is 472 g/mol. The summed E-state index contributed by atoms with van der Waals surface area (Å²) in [4.78, 5) is 14.8. The highest BCUT2D eigenvalue weighted by atomic mass is 32.2. The van der Waals surface area contributed by atoms with Gasteiger partial charge in [0, 0.05) is 6.07 Å². The molecule has 4 rings (SSSR count). The Labute approximate surface area is 190 Å². The molecule has 14 heteroatoms. The molecule has 0 aliphatic carbocycles. The van der Waals surface area contributed by atoms with Gasteiger partial charge in [-0.3, -0.25) is 4.55 Å². The zero-order valence-electron chi connectivity index (χ0n) is 17.1. The summed E-state index contributed by atoms with van der Waals surface area (Å²) in [5, 5.41) is 21.7. The number of fused-ring (bicyclic) bond motifs is 1. The van der Waals surface area contributed by atoms with E-state index in [-0.39, 0.29) is 33.5 Å². The summed E-state index contributed by atoms with van der Waals surface area (Å²) in [5.74, 6) is -0.649. The number of rotatable bonds is 6. The monoisotopic (exact) mass is 488 g/mol. The van der Waals surface area contributed by atoms with Crippen molar-refractivity contribution >= 4 is 54.3 Å². The number of azo groups is 1. The molecule has 0 unspecified atom stereocenters. The van der Waals surface area contributed by atoms with E-state index in [9.17, 15) is 17.8 Å². The molecule has 2 aromatic heterocycles. The molecule has 0 atom stereocenters. The lowest BCUT2D eigenvalue weighted by molar-refractivity contribution is 0.0697. The molecule has 0 saturated carbocycles. The number of carbonyl (C=O) groups is 1. The first-order valence-corrected chi connectivity index (χ1v) is 11.4. The van der Waals surface area contributed by atoms with E-state index in [1.165, 1.54) is 30.0 Å². The van der Waals surface area contributed by atoms with Crippen molar-refractivity contribution in [1.29, 1.82) is 0 Å². The van der Waals surface area contributed by atoms with Gasteiger partial charge in [0.1, 0.15) is 16.2 Å². The van der Waals surface area contributed by atoms with Crippen LogP contribution in [0, 0.1) is 6.92 Å². The third-order valence-corrected chi connectivity index (χ3v) is 6.35. The van der Waals surface area contributed by atoms with Gasteiger partial charge in [0.2, 0.25) is 5.13 Å². The van der Waals surface area contributed by atoms with E-state index in [1.807, 2.05) is 0 Å². The van der Waals surface area contributed by atoms with Gasteiger partial charge in [-0.1, -0.05) is 11.3 Å². The van der Waals surface area contributed by atoms with Gasteiger partial charge in [-0.15, -0.1) is 10.2 Å². The van der Waals surface area contributed by atoms with Gasteiger partial charge >= 0.3 is 5.97 Å². The Hall–Kier alpha value is -3.88.